The number of aromatic nitrogens is 1. The Labute approximate surface area is 437 Å². The zero-order valence-corrected chi connectivity index (χ0v) is 39.1. The molecule has 0 atom stereocenters. The van der Waals surface area contributed by atoms with Crippen LogP contribution in [0.4, 0.5) is 34.1 Å². The molecule has 330 valence electrons. The first kappa shape index (κ1) is 22.4. The third kappa shape index (κ3) is 5.44. The summed E-state index contributed by atoms with van der Waals surface area (Å²) in [4.78, 5) is 2.61. The Kier molecular flexibility index (Phi) is 4.40. The second kappa shape index (κ2) is 13.4. The van der Waals surface area contributed by atoms with Crippen molar-refractivity contribution in [1.29, 1.82) is 0 Å². The molecule has 14 rings (SSSR count). The third-order valence-corrected chi connectivity index (χ3v) is 14.1. The summed E-state index contributed by atoms with van der Waals surface area (Å²) in [5, 5.41) is -0.808. The third-order valence-electron chi connectivity index (χ3n) is 13.0. The number of hydrogen-bond donors (Lipinski definition) is 0. The molecular weight excluding hydrogens is 846 g/mol. The van der Waals surface area contributed by atoms with Crippen LogP contribution in [0.5, 0.6) is 0 Å². The Morgan fingerprint density at radius 3 is 1.96 bits per heavy atom. The highest BCUT2D eigenvalue weighted by atomic mass is 32.1. The van der Waals surface area contributed by atoms with Crippen LogP contribution < -0.4 is 26.4 Å². The summed E-state index contributed by atoms with van der Waals surface area (Å²) in [6.45, 7) is 14.0. The normalized spacial score (nSPS) is 19.3. The maximum Gasteiger partial charge on any atom is 0.297 e. The average Bonchev–Trinajstić information content (AvgIpc) is 1.63. The SMILES string of the molecule is [2H]c1c([2H])c([2H])c(-c2c([2H])c([2H])c3oc4c(c3c2[2H])N(c2c([2H])c([2H])c3c(sc5c([2H])c([2H])c([2H])c([2H])c53)c2[2H])c2c([2H])c(C(C)(C)C)c([2H])c3c2B4c2c([2H])c([2H])c([2H])c4c2N3c2c([2H])c(C(C)(C)C)c([2H])c3c5c([2H])c(C(C)(C)C)c([2H])c([2H])c5n-4c23)c([2H])c1[2H]. The van der Waals surface area contributed by atoms with Crippen molar-refractivity contribution in [1.82, 2.24) is 4.57 Å². The predicted molar refractivity (Wildman–Crippen MR) is 293 cm³/mol. The van der Waals surface area contributed by atoms with E-state index in [4.69, 9.17) is 16.8 Å². The number of fused-ring (bicyclic) bond motifs is 14. The number of furan rings is 1. The van der Waals surface area contributed by atoms with E-state index >= 15 is 0 Å². The highest BCUT2D eigenvalue weighted by Gasteiger charge is 2.49. The molecule has 0 radical (unpaired) electrons. The summed E-state index contributed by atoms with van der Waals surface area (Å²) in [7, 11) is 0. The van der Waals surface area contributed by atoms with Gasteiger partial charge in [-0.05, 0) is 127 Å². The minimum Gasteiger partial charge on any atom is -0.468 e. The van der Waals surface area contributed by atoms with Crippen LogP contribution in [-0.4, -0.2) is 11.3 Å². The monoisotopic (exact) mass is 923 g/mol. The molecule has 0 N–H and O–H groups in total. The smallest absolute Gasteiger partial charge is 0.297 e. The molecule has 68 heavy (non-hydrogen) atoms. The summed E-state index contributed by atoms with van der Waals surface area (Å²) in [6.07, 6.45) is 0. The minimum atomic E-state index is -1.75. The van der Waals surface area contributed by atoms with Crippen LogP contribution in [0, 0.1) is 0 Å². The summed E-state index contributed by atoms with van der Waals surface area (Å²) in [5.74, 6) is 0. The molecule has 3 aliphatic heterocycles. The fourth-order valence-corrected chi connectivity index (χ4v) is 10.7. The van der Waals surface area contributed by atoms with E-state index in [0.29, 0.717) is 0 Å². The van der Waals surface area contributed by atoms with Gasteiger partial charge in [0.1, 0.15) is 5.58 Å². The van der Waals surface area contributed by atoms with E-state index in [1.54, 1.807) is 62.3 Å². The van der Waals surface area contributed by atoms with Crippen LogP contribution in [0.15, 0.2) is 155 Å². The van der Waals surface area contributed by atoms with Crippen molar-refractivity contribution in [3.63, 3.8) is 0 Å². The molecule has 0 saturated carbocycles. The first-order valence-electron chi connectivity index (χ1n) is 34.7. The molecule has 8 aromatic carbocycles. The van der Waals surface area contributed by atoms with E-state index < -0.39 is 189 Å². The molecular formula is C62H52BN3OS. The largest absolute Gasteiger partial charge is 0.468 e. The zero-order valence-electron chi connectivity index (χ0n) is 63.2. The van der Waals surface area contributed by atoms with Gasteiger partial charge in [-0.3, -0.25) is 0 Å². The van der Waals surface area contributed by atoms with E-state index in [0.717, 1.165) is 16.2 Å². The molecule has 6 heteroatoms. The van der Waals surface area contributed by atoms with E-state index in [-0.39, 0.29) is 122 Å². The number of anilines is 6. The van der Waals surface area contributed by atoms with Gasteiger partial charge in [0.05, 0.1) is 73.7 Å². The van der Waals surface area contributed by atoms with E-state index in [1.807, 2.05) is 0 Å². The van der Waals surface area contributed by atoms with Crippen LogP contribution in [0.2, 0.25) is 0 Å². The molecule has 0 aliphatic carbocycles. The molecule has 3 aliphatic rings. The number of rotatable bonds is 2. The van der Waals surface area contributed by atoms with Crippen LogP contribution in [0.3, 0.4) is 0 Å². The first-order valence-corrected chi connectivity index (χ1v) is 23.0. The highest BCUT2D eigenvalue weighted by molar-refractivity contribution is 7.25. The Morgan fingerprint density at radius 2 is 1.18 bits per heavy atom. The first-order chi connectivity index (χ1) is 43.1. The fraction of sp³-hybridized carbons (Fsp3) is 0.194. The maximum absolute atomic E-state index is 10.8. The van der Waals surface area contributed by atoms with Gasteiger partial charge in [0.25, 0.3) is 6.71 Å². The summed E-state index contributed by atoms with van der Waals surface area (Å²) >= 11 is 0.719. The molecule has 11 aromatic rings. The van der Waals surface area contributed by atoms with Crippen molar-refractivity contribution in [2.75, 3.05) is 9.80 Å². The predicted octanol–water partition coefficient (Wildman–Crippen LogP) is 15.9. The van der Waals surface area contributed by atoms with E-state index in [2.05, 4.69) is 0 Å². The van der Waals surface area contributed by atoms with Crippen LogP contribution in [-0.2, 0) is 16.2 Å². The van der Waals surface area contributed by atoms with E-state index in [1.165, 1.54) is 9.47 Å². The molecule has 0 amide bonds. The van der Waals surface area contributed by atoms with Crippen molar-refractivity contribution in [2.24, 2.45) is 0 Å². The molecule has 3 aromatic heterocycles. The second-order valence-corrected chi connectivity index (χ2v) is 21.6. The molecule has 0 saturated heterocycles. The number of hydrogen-bond acceptors (Lipinski definition) is 4. The summed E-state index contributed by atoms with van der Waals surface area (Å²) < 4.78 is 250. The van der Waals surface area contributed by atoms with Gasteiger partial charge in [-0.15, -0.1) is 11.3 Å². The van der Waals surface area contributed by atoms with E-state index in [9.17, 15) is 21.9 Å². The average molecular weight is 923 g/mol. The van der Waals surface area contributed by atoms with Gasteiger partial charge >= 0.3 is 0 Å². The van der Waals surface area contributed by atoms with Crippen molar-refractivity contribution in [2.45, 2.75) is 78.6 Å². The number of thiophene rings is 1. The number of benzene rings is 8. The van der Waals surface area contributed by atoms with Gasteiger partial charge in [-0.2, -0.15) is 0 Å². The lowest BCUT2D eigenvalue weighted by Crippen LogP contribution is -2.61. The standard InChI is InChI=1S/C62H52BN3OS/c1-60(2,3)37-23-26-47-43(29-37)44-30-38(61(4,5)6)33-51-56(44)65(47)48-20-15-19-46-58(48)66(51)50-32-39(62(7,8)9)31-49-55(50)63(46)59-57(45-28-36(22-27-52(45)67-59)35-16-11-10-12-17-35)64(49)40-24-25-42-41-18-13-14-21-53(41)68-54(42)34-40/h10-34H,1-9H3/i10D,11D,12D,13D,14D,15D,16D,17D,18D,19D,20D,21D,22D,23D,24D,25D,26D,27D,28D,29D,30D,31D,32D,33D,34D. The molecule has 0 unspecified atom stereocenters. The Hall–Kier alpha value is -7.02. The summed E-state index contributed by atoms with van der Waals surface area (Å²) in [6, 6.07) is -15.7. The zero-order chi connectivity index (χ0) is 68.1. The van der Waals surface area contributed by atoms with Crippen molar-refractivity contribution >= 4 is 122 Å². The molecule has 6 heterocycles. The molecule has 0 spiro atoms. The van der Waals surface area contributed by atoms with Gasteiger partial charge in [0.2, 0.25) is 0 Å². The van der Waals surface area contributed by atoms with Crippen molar-refractivity contribution in [3.8, 4) is 16.8 Å². The van der Waals surface area contributed by atoms with Crippen molar-refractivity contribution in [3.05, 3.63) is 168 Å². The number of para-hydroxylation sites is 1. The topological polar surface area (TPSA) is 24.6 Å². The fourth-order valence-electron chi connectivity index (χ4n) is 9.74. The van der Waals surface area contributed by atoms with Crippen LogP contribution in [0.25, 0.3) is 69.8 Å². The Balaban J connectivity index is 1.28. The molecule has 0 bridgehead atoms. The lowest BCUT2D eigenvalue weighted by Gasteiger charge is -2.45. The van der Waals surface area contributed by atoms with Gasteiger partial charge in [-0.1, -0.05) is 141 Å². The lowest BCUT2D eigenvalue weighted by molar-refractivity contribution is 0.590. The molecule has 0 fully saturated rings. The highest BCUT2D eigenvalue weighted by Crippen LogP contribution is 2.55. The van der Waals surface area contributed by atoms with Crippen LogP contribution in [0.1, 0.15) is 113 Å². The molecule has 4 nitrogen and oxygen atoms in total. The van der Waals surface area contributed by atoms with Crippen LogP contribution >= 0.6 is 11.3 Å². The van der Waals surface area contributed by atoms with Gasteiger partial charge in [0.15, 0.2) is 0 Å². The number of nitrogens with zero attached hydrogens (tertiary/aromatic N) is 3. The summed E-state index contributed by atoms with van der Waals surface area (Å²) in [5.41, 5.74) is -7.96. The quantitative estimate of drug-likeness (QED) is 0.162. The van der Waals surface area contributed by atoms with Gasteiger partial charge < -0.3 is 18.8 Å². The minimum absolute atomic E-state index is 0.00600. The van der Waals surface area contributed by atoms with Gasteiger partial charge in [0, 0.05) is 53.4 Å². The second-order valence-electron chi connectivity index (χ2n) is 20.6. The lowest BCUT2D eigenvalue weighted by atomic mass is 9.35. The maximum atomic E-state index is 10.8. The van der Waals surface area contributed by atoms with Crippen molar-refractivity contribution < 1.29 is 38.7 Å². The van der Waals surface area contributed by atoms with Gasteiger partial charge in [-0.25, -0.2) is 0 Å². The Bertz CT molecular complexity index is 5470. The Morgan fingerprint density at radius 1 is 0.485 bits per heavy atom.